The topological polar surface area (TPSA) is 71.1 Å². The fourth-order valence-corrected chi connectivity index (χ4v) is 3.63. The van der Waals surface area contributed by atoms with Gasteiger partial charge in [0.25, 0.3) is 5.91 Å². The summed E-state index contributed by atoms with van der Waals surface area (Å²) in [4.78, 5) is 29.4. The van der Waals surface area contributed by atoms with Crippen molar-refractivity contribution in [2.24, 2.45) is 0 Å². The molecular weight excluding hydrogens is 394 g/mol. The van der Waals surface area contributed by atoms with Crippen molar-refractivity contribution in [2.75, 3.05) is 5.32 Å². The predicted molar refractivity (Wildman–Crippen MR) is 113 cm³/mol. The lowest BCUT2D eigenvalue weighted by Gasteiger charge is -2.15. The van der Waals surface area contributed by atoms with Crippen LogP contribution in [0.1, 0.15) is 40.9 Å². The first-order chi connectivity index (χ1) is 13.6. The van der Waals surface area contributed by atoms with Crippen LogP contribution in [-0.2, 0) is 11.3 Å². The molecule has 2 amide bonds. The molecule has 0 fully saturated rings. The second-order valence-electron chi connectivity index (χ2n) is 6.20. The summed E-state index contributed by atoms with van der Waals surface area (Å²) in [7, 11) is 0. The molecule has 0 saturated heterocycles. The average molecular weight is 414 g/mol. The molecule has 0 aliphatic rings. The predicted octanol–water partition coefficient (Wildman–Crippen LogP) is 4.86. The number of hydrogen-bond donors (Lipinski definition) is 2. The number of anilines is 1. The van der Waals surface area contributed by atoms with Gasteiger partial charge in [0.1, 0.15) is 5.00 Å². The molecule has 3 aromatic rings. The van der Waals surface area contributed by atoms with Gasteiger partial charge in [0.2, 0.25) is 5.91 Å². The summed E-state index contributed by atoms with van der Waals surface area (Å²) < 4.78 is 0. The van der Waals surface area contributed by atoms with Gasteiger partial charge < -0.3 is 10.6 Å². The minimum absolute atomic E-state index is 0.148. The van der Waals surface area contributed by atoms with Crippen molar-refractivity contribution in [3.63, 3.8) is 0 Å². The van der Waals surface area contributed by atoms with E-state index in [1.807, 2.05) is 49.4 Å². The molecule has 1 unspecified atom stereocenters. The monoisotopic (exact) mass is 413 g/mol. The van der Waals surface area contributed by atoms with Crippen LogP contribution in [0, 0.1) is 0 Å². The lowest BCUT2D eigenvalue weighted by Crippen LogP contribution is -2.26. The molecular formula is C21H20ClN3O2S. The van der Waals surface area contributed by atoms with Crippen LogP contribution in [0.4, 0.5) is 5.00 Å². The summed E-state index contributed by atoms with van der Waals surface area (Å²) in [5, 5.41) is 6.78. The van der Waals surface area contributed by atoms with Crippen LogP contribution in [0.15, 0.2) is 60.1 Å². The second-order valence-corrected chi connectivity index (χ2v) is 7.49. The van der Waals surface area contributed by atoms with Gasteiger partial charge in [-0.05, 0) is 29.7 Å². The van der Waals surface area contributed by atoms with E-state index in [1.54, 1.807) is 17.6 Å². The Morgan fingerprint density at radius 1 is 1.11 bits per heavy atom. The minimum atomic E-state index is -0.334. The number of rotatable bonds is 7. The van der Waals surface area contributed by atoms with Gasteiger partial charge in [0.05, 0.1) is 11.4 Å². The molecule has 0 spiro atoms. The van der Waals surface area contributed by atoms with E-state index >= 15 is 0 Å². The zero-order valence-electron chi connectivity index (χ0n) is 15.3. The first-order valence-corrected chi connectivity index (χ1v) is 10.2. The van der Waals surface area contributed by atoms with E-state index < -0.39 is 0 Å². The van der Waals surface area contributed by atoms with E-state index in [1.165, 1.54) is 11.3 Å². The molecule has 7 heteroatoms. The molecule has 0 aliphatic carbocycles. The molecule has 2 aromatic carbocycles. The van der Waals surface area contributed by atoms with Gasteiger partial charge in [0.15, 0.2) is 5.69 Å². The molecule has 0 aliphatic heterocycles. The van der Waals surface area contributed by atoms with Crippen LogP contribution in [0.25, 0.3) is 0 Å². The Kier molecular flexibility index (Phi) is 6.79. The molecule has 144 valence electrons. The number of nitrogens with zero attached hydrogens (tertiary/aromatic N) is 1. The fourth-order valence-electron chi connectivity index (χ4n) is 2.82. The van der Waals surface area contributed by atoms with E-state index in [0.29, 0.717) is 23.0 Å². The summed E-state index contributed by atoms with van der Waals surface area (Å²) >= 11 is 7.10. The molecule has 3 rings (SSSR count). The van der Waals surface area contributed by atoms with Crippen molar-refractivity contribution in [2.45, 2.75) is 25.8 Å². The number of halogens is 1. The van der Waals surface area contributed by atoms with E-state index in [9.17, 15) is 9.59 Å². The highest BCUT2D eigenvalue weighted by atomic mass is 35.5. The molecule has 0 bridgehead atoms. The molecule has 0 saturated carbocycles. The van der Waals surface area contributed by atoms with Crippen LogP contribution in [-0.4, -0.2) is 16.8 Å². The largest absolute Gasteiger partial charge is 0.347 e. The van der Waals surface area contributed by atoms with Gasteiger partial charge in [0, 0.05) is 11.6 Å². The SMILES string of the molecule is CCC(C(=O)Nc1scnc1C(=O)NCc1ccc(Cl)cc1)c1ccccc1. The van der Waals surface area contributed by atoms with Crippen molar-refractivity contribution in [1.82, 2.24) is 10.3 Å². The van der Waals surface area contributed by atoms with Crippen molar-refractivity contribution >= 4 is 39.8 Å². The number of nitrogens with one attached hydrogen (secondary N) is 2. The number of amides is 2. The first-order valence-electron chi connectivity index (χ1n) is 8.90. The van der Waals surface area contributed by atoms with Crippen LogP contribution in [0.2, 0.25) is 5.02 Å². The number of carbonyl (C=O) groups is 2. The highest BCUT2D eigenvalue weighted by molar-refractivity contribution is 7.14. The van der Waals surface area contributed by atoms with Gasteiger partial charge in [-0.25, -0.2) is 4.98 Å². The van der Waals surface area contributed by atoms with Crippen LogP contribution in [0.3, 0.4) is 0 Å². The minimum Gasteiger partial charge on any atom is -0.347 e. The van der Waals surface area contributed by atoms with Crippen molar-refractivity contribution in [1.29, 1.82) is 0 Å². The Hall–Kier alpha value is -2.70. The summed E-state index contributed by atoms with van der Waals surface area (Å²) in [6.45, 7) is 2.31. The average Bonchev–Trinajstić information content (AvgIpc) is 3.17. The van der Waals surface area contributed by atoms with E-state index in [-0.39, 0.29) is 23.4 Å². The number of thiazole rings is 1. The van der Waals surface area contributed by atoms with E-state index in [2.05, 4.69) is 15.6 Å². The lowest BCUT2D eigenvalue weighted by atomic mass is 9.96. The van der Waals surface area contributed by atoms with Crippen molar-refractivity contribution < 1.29 is 9.59 Å². The number of benzene rings is 2. The zero-order chi connectivity index (χ0) is 19.9. The summed E-state index contributed by atoms with van der Waals surface area (Å²) in [5.74, 6) is -0.766. The molecule has 1 atom stereocenters. The highest BCUT2D eigenvalue weighted by Gasteiger charge is 2.22. The van der Waals surface area contributed by atoms with Crippen molar-refractivity contribution in [3.8, 4) is 0 Å². The normalized spacial score (nSPS) is 11.6. The molecule has 5 nitrogen and oxygen atoms in total. The quantitative estimate of drug-likeness (QED) is 0.581. The summed E-state index contributed by atoms with van der Waals surface area (Å²) in [6, 6.07) is 16.8. The molecule has 0 radical (unpaired) electrons. The van der Waals surface area contributed by atoms with Gasteiger partial charge in [-0.3, -0.25) is 9.59 Å². The van der Waals surface area contributed by atoms with Crippen LogP contribution >= 0.6 is 22.9 Å². The standard InChI is InChI=1S/C21H20ClN3O2S/c1-2-17(15-6-4-3-5-7-15)19(26)25-21-18(24-13-28-21)20(27)23-12-14-8-10-16(22)11-9-14/h3-11,13,17H,2,12H2,1H3,(H,23,27)(H,25,26). The lowest BCUT2D eigenvalue weighted by molar-refractivity contribution is -0.117. The third-order valence-electron chi connectivity index (χ3n) is 4.31. The zero-order valence-corrected chi connectivity index (χ0v) is 16.9. The Labute approximate surface area is 172 Å². The molecule has 2 N–H and O–H groups in total. The molecule has 28 heavy (non-hydrogen) atoms. The Bertz CT molecular complexity index is 942. The van der Waals surface area contributed by atoms with Crippen LogP contribution < -0.4 is 10.6 Å². The second kappa shape index (κ2) is 9.48. The van der Waals surface area contributed by atoms with E-state index in [4.69, 9.17) is 11.6 Å². The maximum absolute atomic E-state index is 12.8. The smallest absolute Gasteiger partial charge is 0.273 e. The Morgan fingerprint density at radius 3 is 2.50 bits per heavy atom. The van der Waals surface area contributed by atoms with Gasteiger partial charge in [-0.2, -0.15) is 0 Å². The highest BCUT2D eigenvalue weighted by Crippen LogP contribution is 2.25. The number of hydrogen-bond acceptors (Lipinski definition) is 4. The Balaban J connectivity index is 1.66. The maximum atomic E-state index is 12.8. The van der Waals surface area contributed by atoms with E-state index in [0.717, 1.165) is 11.1 Å². The maximum Gasteiger partial charge on any atom is 0.273 e. The summed E-state index contributed by atoms with van der Waals surface area (Å²) in [5.41, 5.74) is 3.64. The molecule has 1 heterocycles. The molecule has 1 aromatic heterocycles. The summed E-state index contributed by atoms with van der Waals surface area (Å²) in [6.07, 6.45) is 0.659. The first kappa shape index (κ1) is 20.0. The van der Waals surface area contributed by atoms with Gasteiger partial charge >= 0.3 is 0 Å². The Morgan fingerprint density at radius 2 is 1.82 bits per heavy atom. The van der Waals surface area contributed by atoms with Gasteiger partial charge in [-0.1, -0.05) is 61.0 Å². The third-order valence-corrected chi connectivity index (χ3v) is 5.31. The fraction of sp³-hybridized carbons (Fsp3) is 0.190. The third kappa shape index (κ3) is 4.97. The number of aromatic nitrogens is 1. The van der Waals surface area contributed by atoms with Crippen LogP contribution in [0.5, 0.6) is 0 Å². The van der Waals surface area contributed by atoms with Crippen molar-refractivity contribution in [3.05, 3.63) is 82.0 Å². The number of carbonyl (C=O) groups excluding carboxylic acids is 2. The van der Waals surface area contributed by atoms with Gasteiger partial charge in [-0.15, -0.1) is 11.3 Å².